The Labute approximate surface area is 119 Å². The number of hydrogen-bond donors (Lipinski definition) is 0. The first-order valence-electron chi connectivity index (χ1n) is 5.30. The van der Waals surface area contributed by atoms with E-state index in [2.05, 4.69) is 15.9 Å². The molecule has 2 aromatic rings. The van der Waals surface area contributed by atoms with Crippen molar-refractivity contribution < 1.29 is 26.7 Å². The molecule has 0 aromatic heterocycles. The summed E-state index contributed by atoms with van der Waals surface area (Å²) < 4.78 is 70.6. The highest BCUT2D eigenvalue weighted by molar-refractivity contribution is 9.10. The van der Waals surface area contributed by atoms with E-state index in [4.69, 9.17) is 4.74 Å². The van der Waals surface area contributed by atoms with Crippen LogP contribution in [0.4, 0.5) is 22.0 Å². The summed E-state index contributed by atoms with van der Waals surface area (Å²) in [6.45, 7) is -0.463. The van der Waals surface area contributed by atoms with E-state index in [1.54, 1.807) is 0 Å². The van der Waals surface area contributed by atoms with Crippen LogP contribution in [0.3, 0.4) is 0 Å². The zero-order valence-corrected chi connectivity index (χ0v) is 11.3. The van der Waals surface area contributed by atoms with E-state index in [1.807, 2.05) is 0 Å². The first kappa shape index (κ1) is 14.8. The smallest absolute Gasteiger partial charge is 0.203 e. The highest BCUT2D eigenvalue weighted by Crippen LogP contribution is 2.28. The van der Waals surface area contributed by atoms with Gasteiger partial charge in [-0.05, 0) is 22.0 Å². The van der Waals surface area contributed by atoms with Crippen molar-refractivity contribution >= 4 is 15.9 Å². The van der Waals surface area contributed by atoms with Gasteiger partial charge in [-0.2, -0.15) is 8.78 Å². The Morgan fingerprint density at radius 1 is 0.900 bits per heavy atom. The summed E-state index contributed by atoms with van der Waals surface area (Å²) in [4.78, 5) is 0. The fourth-order valence-corrected chi connectivity index (χ4v) is 1.87. The molecule has 0 amide bonds. The Hall–Kier alpha value is -1.63. The van der Waals surface area contributed by atoms with Crippen LogP contribution >= 0.6 is 15.9 Å². The van der Waals surface area contributed by atoms with Crippen LogP contribution in [0.5, 0.6) is 5.75 Å². The van der Waals surface area contributed by atoms with Gasteiger partial charge in [0.05, 0.1) is 4.47 Å². The molecular weight excluding hydrogens is 347 g/mol. The van der Waals surface area contributed by atoms with Gasteiger partial charge in [-0.15, -0.1) is 0 Å². The molecule has 0 aliphatic heterocycles. The lowest BCUT2D eigenvalue weighted by Crippen LogP contribution is -2.04. The van der Waals surface area contributed by atoms with Crippen LogP contribution in [-0.2, 0) is 6.61 Å². The van der Waals surface area contributed by atoms with Gasteiger partial charge in [0.15, 0.2) is 17.4 Å². The van der Waals surface area contributed by atoms with Crippen LogP contribution < -0.4 is 4.74 Å². The Bertz CT molecular complexity index is 633. The Morgan fingerprint density at radius 2 is 1.50 bits per heavy atom. The number of benzene rings is 2. The van der Waals surface area contributed by atoms with Crippen molar-refractivity contribution in [3.63, 3.8) is 0 Å². The maximum atomic E-state index is 13.3. The summed E-state index contributed by atoms with van der Waals surface area (Å²) in [6, 6.07) is 4.03. The lowest BCUT2D eigenvalue weighted by atomic mass is 10.2. The van der Waals surface area contributed by atoms with E-state index >= 15 is 0 Å². The minimum Gasteiger partial charge on any atom is -0.483 e. The average molecular weight is 353 g/mol. The molecule has 0 unspecified atom stereocenters. The zero-order chi connectivity index (χ0) is 14.9. The van der Waals surface area contributed by atoms with E-state index in [9.17, 15) is 22.0 Å². The molecule has 0 saturated carbocycles. The molecule has 2 aromatic carbocycles. The molecule has 0 aliphatic carbocycles. The van der Waals surface area contributed by atoms with E-state index < -0.39 is 41.4 Å². The van der Waals surface area contributed by atoms with Crippen molar-refractivity contribution in [1.29, 1.82) is 0 Å². The molecule has 20 heavy (non-hydrogen) atoms. The van der Waals surface area contributed by atoms with E-state index in [1.165, 1.54) is 12.1 Å². The van der Waals surface area contributed by atoms with Crippen molar-refractivity contribution in [2.45, 2.75) is 6.61 Å². The van der Waals surface area contributed by atoms with Gasteiger partial charge in [-0.1, -0.05) is 12.1 Å². The van der Waals surface area contributed by atoms with E-state index in [-0.39, 0.29) is 16.1 Å². The topological polar surface area (TPSA) is 9.23 Å². The summed E-state index contributed by atoms with van der Waals surface area (Å²) in [6.07, 6.45) is 0. The maximum Gasteiger partial charge on any atom is 0.203 e. The molecule has 0 aliphatic rings. The van der Waals surface area contributed by atoms with Crippen molar-refractivity contribution in [3.05, 3.63) is 63.4 Å². The molecule has 0 N–H and O–H groups in total. The number of rotatable bonds is 3. The molecule has 0 saturated heterocycles. The first-order chi connectivity index (χ1) is 9.41. The average Bonchev–Trinajstić information content (AvgIpc) is 2.41. The third kappa shape index (κ3) is 2.77. The van der Waals surface area contributed by atoms with Crippen LogP contribution in [0.1, 0.15) is 5.56 Å². The molecule has 0 heterocycles. The minimum absolute atomic E-state index is 0.0395. The van der Waals surface area contributed by atoms with Gasteiger partial charge >= 0.3 is 0 Å². The lowest BCUT2D eigenvalue weighted by molar-refractivity contribution is 0.260. The summed E-state index contributed by atoms with van der Waals surface area (Å²) in [5.74, 6) is -8.21. The molecule has 0 spiro atoms. The largest absolute Gasteiger partial charge is 0.483 e. The van der Waals surface area contributed by atoms with Gasteiger partial charge in [0, 0.05) is 11.6 Å². The fourth-order valence-electron chi connectivity index (χ4n) is 1.49. The van der Waals surface area contributed by atoms with Crippen LogP contribution in [0.25, 0.3) is 0 Å². The molecule has 7 heteroatoms. The fraction of sp³-hybridized carbons (Fsp3) is 0.0769. The van der Waals surface area contributed by atoms with Crippen molar-refractivity contribution in [1.82, 2.24) is 0 Å². The second kappa shape index (κ2) is 5.78. The second-order valence-corrected chi connectivity index (χ2v) is 4.59. The molecule has 0 radical (unpaired) electrons. The number of hydrogen-bond acceptors (Lipinski definition) is 1. The quantitative estimate of drug-likeness (QED) is 0.573. The van der Waals surface area contributed by atoms with Crippen LogP contribution in [0, 0.1) is 29.1 Å². The SMILES string of the molecule is Fc1cc(F)c(F)c(OCc2cccc(F)c2Br)c1F. The van der Waals surface area contributed by atoms with Crippen LogP contribution in [-0.4, -0.2) is 0 Å². The predicted molar refractivity (Wildman–Crippen MR) is 64.7 cm³/mol. The van der Waals surface area contributed by atoms with Gasteiger partial charge in [0.2, 0.25) is 11.6 Å². The van der Waals surface area contributed by atoms with Gasteiger partial charge in [0.25, 0.3) is 0 Å². The molecule has 0 bridgehead atoms. The third-order valence-corrected chi connectivity index (χ3v) is 3.36. The standard InChI is InChI=1S/C13H6BrF5O/c14-10-6(2-1-3-7(10)15)5-20-13-11(18)8(16)4-9(17)12(13)19/h1-4H,5H2. The molecule has 106 valence electrons. The second-order valence-electron chi connectivity index (χ2n) is 3.80. The first-order valence-corrected chi connectivity index (χ1v) is 6.09. The maximum absolute atomic E-state index is 13.3. The molecule has 1 nitrogen and oxygen atoms in total. The molecular formula is C13H6BrF5O. The Morgan fingerprint density at radius 3 is 2.10 bits per heavy atom. The summed E-state index contributed by atoms with van der Waals surface area (Å²) in [5, 5.41) is 0. The highest BCUT2D eigenvalue weighted by Gasteiger charge is 2.21. The predicted octanol–water partition coefficient (Wildman–Crippen LogP) is 4.72. The van der Waals surface area contributed by atoms with Crippen LogP contribution in [0.2, 0.25) is 0 Å². The molecule has 2 rings (SSSR count). The summed E-state index contributed by atoms with van der Waals surface area (Å²) in [5.41, 5.74) is 0.230. The summed E-state index contributed by atoms with van der Waals surface area (Å²) in [7, 11) is 0. The van der Waals surface area contributed by atoms with Gasteiger partial charge in [-0.25, -0.2) is 13.2 Å². The normalized spacial score (nSPS) is 10.7. The number of halogens is 6. The van der Waals surface area contributed by atoms with Gasteiger partial charge < -0.3 is 4.74 Å². The van der Waals surface area contributed by atoms with E-state index in [0.717, 1.165) is 6.07 Å². The Kier molecular flexibility index (Phi) is 4.27. The van der Waals surface area contributed by atoms with Gasteiger partial charge in [-0.3, -0.25) is 0 Å². The Balaban J connectivity index is 2.30. The van der Waals surface area contributed by atoms with Crippen molar-refractivity contribution in [3.8, 4) is 5.75 Å². The van der Waals surface area contributed by atoms with Crippen LogP contribution in [0.15, 0.2) is 28.7 Å². The monoisotopic (exact) mass is 352 g/mol. The highest BCUT2D eigenvalue weighted by atomic mass is 79.9. The van der Waals surface area contributed by atoms with Gasteiger partial charge in [0.1, 0.15) is 12.4 Å². The molecule has 0 fully saturated rings. The third-order valence-electron chi connectivity index (χ3n) is 2.48. The van der Waals surface area contributed by atoms with E-state index in [0.29, 0.717) is 0 Å². The van der Waals surface area contributed by atoms with Crippen molar-refractivity contribution in [2.24, 2.45) is 0 Å². The minimum atomic E-state index is -1.64. The molecule has 0 atom stereocenters. The summed E-state index contributed by atoms with van der Waals surface area (Å²) >= 11 is 2.93. The van der Waals surface area contributed by atoms with Crippen molar-refractivity contribution in [2.75, 3.05) is 0 Å². The zero-order valence-electron chi connectivity index (χ0n) is 9.69. The lowest BCUT2D eigenvalue weighted by Gasteiger charge is -2.10. The number of ether oxygens (including phenoxy) is 1.